The molecule has 0 saturated heterocycles. The van der Waals surface area contributed by atoms with Gasteiger partial charge in [-0.3, -0.25) is 0 Å². The molecule has 1 aromatic rings. The van der Waals surface area contributed by atoms with E-state index in [4.69, 9.17) is 10.5 Å². The summed E-state index contributed by atoms with van der Waals surface area (Å²) in [5, 5.41) is 3.30. The van der Waals surface area contributed by atoms with Gasteiger partial charge in [0.25, 0.3) is 0 Å². The van der Waals surface area contributed by atoms with Crippen LogP contribution in [0.25, 0.3) is 0 Å². The van der Waals surface area contributed by atoms with E-state index in [-0.39, 0.29) is 6.04 Å². The average molecular weight is 220 g/mol. The summed E-state index contributed by atoms with van der Waals surface area (Å²) in [6.45, 7) is 7.67. The number of hydrogen-bond acceptors (Lipinski definition) is 3. The van der Waals surface area contributed by atoms with Gasteiger partial charge in [0.05, 0.1) is 6.61 Å². The highest BCUT2D eigenvalue weighted by Gasteiger charge is 2.07. The van der Waals surface area contributed by atoms with Gasteiger partial charge >= 0.3 is 0 Å². The van der Waals surface area contributed by atoms with E-state index < -0.39 is 0 Å². The zero-order chi connectivity index (χ0) is 11.8. The molecule has 1 aromatic carbocycles. The van der Waals surface area contributed by atoms with Crippen molar-refractivity contribution in [1.29, 1.82) is 0 Å². The van der Waals surface area contributed by atoms with Crippen molar-refractivity contribution in [1.82, 2.24) is 5.32 Å². The Morgan fingerprint density at radius 2 is 2.12 bits per heavy atom. The van der Waals surface area contributed by atoms with Crippen molar-refractivity contribution in [2.45, 2.75) is 13.0 Å². The first-order valence-corrected chi connectivity index (χ1v) is 5.59. The summed E-state index contributed by atoms with van der Waals surface area (Å²) in [6, 6.07) is 8.19. The molecule has 88 valence electrons. The topological polar surface area (TPSA) is 47.3 Å². The molecule has 0 aromatic heterocycles. The van der Waals surface area contributed by atoms with Gasteiger partial charge in [0.1, 0.15) is 5.75 Å². The van der Waals surface area contributed by atoms with Crippen LogP contribution in [0, 0.1) is 0 Å². The molecule has 16 heavy (non-hydrogen) atoms. The second kappa shape index (κ2) is 7.04. The van der Waals surface area contributed by atoms with Gasteiger partial charge in [-0.25, -0.2) is 0 Å². The first-order chi connectivity index (χ1) is 7.81. The van der Waals surface area contributed by atoms with Gasteiger partial charge in [0.2, 0.25) is 0 Å². The largest absolute Gasteiger partial charge is 0.494 e. The number of nitrogens with two attached hydrogens (primary N) is 1. The standard InChI is InChI=1S/C13H20N2O/c1-3-9-15-13(10-14)11-5-7-12(8-6-11)16-4-2/h3,5-8,13,15H,1,4,9-10,14H2,2H3. The van der Waals surface area contributed by atoms with E-state index >= 15 is 0 Å². The summed E-state index contributed by atoms with van der Waals surface area (Å²) < 4.78 is 5.39. The number of ether oxygens (including phenoxy) is 1. The Labute approximate surface area is 97.3 Å². The third-order valence-corrected chi connectivity index (χ3v) is 2.34. The Bertz CT molecular complexity index is 308. The third-order valence-electron chi connectivity index (χ3n) is 2.34. The van der Waals surface area contributed by atoms with Crippen LogP contribution >= 0.6 is 0 Å². The summed E-state index contributed by atoms with van der Waals surface area (Å²) >= 11 is 0. The lowest BCUT2D eigenvalue weighted by Gasteiger charge is -2.16. The predicted molar refractivity (Wildman–Crippen MR) is 67.6 cm³/mol. The average Bonchev–Trinajstić information content (AvgIpc) is 2.32. The van der Waals surface area contributed by atoms with Crippen LogP contribution in [0.3, 0.4) is 0 Å². The molecular weight excluding hydrogens is 200 g/mol. The highest BCUT2D eigenvalue weighted by molar-refractivity contribution is 5.29. The lowest BCUT2D eigenvalue weighted by Crippen LogP contribution is -2.28. The summed E-state index contributed by atoms with van der Waals surface area (Å²) in [5.74, 6) is 0.894. The molecule has 3 nitrogen and oxygen atoms in total. The first-order valence-electron chi connectivity index (χ1n) is 5.59. The molecule has 0 aliphatic carbocycles. The maximum absolute atomic E-state index is 5.71. The van der Waals surface area contributed by atoms with Crippen LogP contribution in [0.1, 0.15) is 18.5 Å². The number of benzene rings is 1. The van der Waals surface area contributed by atoms with E-state index in [1.807, 2.05) is 37.3 Å². The van der Waals surface area contributed by atoms with E-state index in [1.54, 1.807) is 0 Å². The molecule has 0 spiro atoms. The fourth-order valence-corrected chi connectivity index (χ4v) is 1.53. The summed E-state index contributed by atoms with van der Waals surface area (Å²) in [4.78, 5) is 0. The van der Waals surface area contributed by atoms with Crippen LogP contribution < -0.4 is 15.8 Å². The molecule has 0 saturated carbocycles. The van der Waals surface area contributed by atoms with Crippen molar-refractivity contribution in [2.75, 3.05) is 19.7 Å². The first kappa shape index (κ1) is 12.7. The van der Waals surface area contributed by atoms with Gasteiger partial charge in [-0.1, -0.05) is 18.2 Å². The Kier molecular flexibility index (Phi) is 5.61. The van der Waals surface area contributed by atoms with Crippen LogP contribution in [0.5, 0.6) is 5.75 Å². The van der Waals surface area contributed by atoms with Gasteiger partial charge < -0.3 is 15.8 Å². The monoisotopic (exact) mass is 220 g/mol. The van der Waals surface area contributed by atoms with E-state index in [0.29, 0.717) is 13.2 Å². The Morgan fingerprint density at radius 1 is 1.44 bits per heavy atom. The lowest BCUT2D eigenvalue weighted by molar-refractivity contribution is 0.340. The van der Waals surface area contributed by atoms with E-state index in [2.05, 4.69) is 11.9 Å². The highest BCUT2D eigenvalue weighted by Crippen LogP contribution is 2.17. The van der Waals surface area contributed by atoms with Gasteiger partial charge in [-0.05, 0) is 24.6 Å². The zero-order valence-corrected chi connectivity index (χ0v) is 9.78. The lowest BCUT2D eigenvalue weighted by atomic mass is 10.1. The number of rotatable bonds is 7. The number of hydrogen-bond donors (Lipinski definition) is 2. The molecule has 1 atom stereocenters. The third kappa shape index (κ3) is 3.68. The van der Waals surface area contributed by atoms with Crippen LogP contribution in [-0.4, -0.2) is 19.7 Å². The number of nitrogens with one attached hydrogen (secondary N) is 1. The molecule has 0 aliphatic rings. The van der Waals surface area contributed by atoms with Crippen molar-refractivity contribution < 1.29 is 4.74 Å². The van der Waals surface area contributed by atoms with Gasteiger partial charge in [-0.2, -0.15) is 0 Å². The Balaban J connectivity index is 2.66. The second-order valence-corrected chi connectivity index (χ2v) is 3.49. The molecule has 0 aliphatic heterocycles. The minimum Gasteiger partial charge on any atom is -0.494 e. The van der Waals surface area contributed by atoms with Crippen molar-refractivity contribution >= 4 is 0 Å². The van der Waals surface area contributed by atoms with Crippen LogP contribution in [0.2, 0.25) is 0 Å². The van der Waals surface area contributed by atoms with Crippen LogP contribution in [0.15, 0.2) is 36.9 Å². The van der Waals surface area contributed by atoms with Crippen molar-refractivity contribution in [3.05, 3.63) is 42.5 Å². The van der Waals surface area contributed by atoms with E-state index in [0.717, 1.165) is 12.3 Å². The fourth-order valence-electron chi connectivity index (χ4n) is 1.53. The molecule has 1 unspecified atom stereocenters. The zero-order valence-electron chi connectivity index (χ0n) is 9.78. The molecule has 1 rings (SSSR count). The summed E-state index contributed by atoms with van der Waals surface area (Å²) in [5.41, 5.74) is 6.89. The van der Waals surface area contributed by atoms with Crippen molar-refractivity contribution in [3.8, 4) is 5.75 Å². The van der Waals surface area contributed by atoms with Gasteiger partial charge in [0.15, 0.2) is 0 Å². The molecule has 3 N–H and O–H groups in total. The van der Waals surface area contributed by atoms with Crippen LogP contribution in [-0.2, 0) is 0 Å². The van der Waals surface area contributed by atoms with E-state index in [1.165, 1.54) is 5.56 Å². The molecule has 0 radical (unpaired) electrons. The Hall–Kier alpha value is -1.32. The molecule has 0 fully saturated rings. The maximum Gasteiger partial charge on any atom is 0.119 e. The molecule has 0 heterocycles. The SMILES string of the molecule is C=CCNC(CN)c1ccc(OCC)cc1. The Morgan fingerprint density at radius 3 is 2.62 bits per heavy atom. The minimum atomic E-state index is 0.175. The molecule has 3 heteroatoms. The molecular formula is C13H20N2O. The predicted octanol–water partition coefficient (Wildman–Crippen LogP) is 1.86. The molecule has 0 amide bonds. The van der Waals surface area contributed by atoms with Gasteiger partial charge in [-0.15, -0.1) is 6.58 Å². The van der Waals surface area contributed by atoms with Gasteiger partial charge in [0, 0.05) is 19.1 Å². The summed E-state index contributed by atoms with van der Waals surface area (Å²) in [6.07, 6.45) is 1.83. The normalized spacial score (nSPS) is 12.1. The van der Waals surface area contributed by atoms with E-state index in [9.17, 15) is 0 Å². The second-order valence-electron chi connectivity index (χ2n) is 3.49. The fraction of sp³-hybridized carbons (Fsp3) is 0.385. The van der Waals surface area contributed by atoms with Crippen molar-refractivity contribution in [3.63, 3.8) is 0 Å². The molecule has 0 bridgehead atoms. The summed E-state index contributed by atoms with van der Waals surface area (Å²) in [7, 11) is 0. The minimum absolute atomic E-state index is 0.175. The quantitative estimate of drug-likeness (QED) is 0.689. The maximum atomic E-state index is 5.71. The van der Waals surface area contributed by atoms with Crippen molar-refractivity contribution in [2.24, 2.45) is 5.73 Å². The smallest absolute Gasteiger partial charge is 0.119 e. The highest BCUT2D eigenvalue weighted by atomic mass is 16.5. The van der Waals surface area contributed by atoms with Crippen LogP contribution in [0.4, 0.5) is 0 Å².